The Labute approximate surface area is 197 Å². The Bertz CT molecular complexity index is 927. The highest BCUT2D eigenvalue weighted by atomic mass is 32.2. The van der Waals surface area contributed by atoms with Gasteiger partial charge in [0, 0.05) is 17.5 Å². The van der Waals surface area contributed by atoms with Gasteiger partial charge in [0.05, 0.1) is 13.2 Å². The van der Waals surface area contributed by atoms with Crippen LogP contribution in [0.2, 0.25) is 0 Å². The molecule has 2 heterocycles. The van der Waals surface area contributed by atoms with Crippen LogP contribution in [0, 0.1) is 0 Å². The lowest BCUT2D eigenvalue weighted by Gasteiger charge is -2.32. The Hall–Kier alpha value is -3.37. The number of carbonyl (C=O) groups is 1. The normalized spacial score (nSPS) is 15.8. The van der Waals surface area contributed by atoms with Crippen LogP contribution in [0.15, 0.2) is 72.0 Å². The van der Waals surface area contributed by atoms with Crippen molar-refractivity contribution in [1.29, 1.82) is 0 Å². The molecule has 1 fully saturated rings. The van der Waals surface area contributed by atoms with E-state index in [0.29, 0.717) is 19.7 Å². The van der Waals surface area contributed by atoms with E-state index in [1.165, 1.54) is 11.8 Å². The number of hydrogen-bond acceptors (Lipinski definition) is 9. The van der Waals surface area contributed by atoms with Gasteiger partial charge in [-0.05, 0) is 17.5 Å². The van der Waals surface area contributed by atoms with Crippen molar-refractivity contribution in [2.45, 2.75) is 11.0 Å². The van der Waals surface area contributed by atoms with E-state index in [2.05, 4.69) is 28.1 Å². The number of amides is 1. The molecule has 9 nitrogen and oxygen atoms in total. The van der Waals surface area contributed by atoms with Crippen LogP contribution in [0.4, 0.5) is 0 Å². The first kappa shape index (κ1) is 24.3. The number of nitrogens with zero attached hydrogens (tertiary/aromatic N) is 4. The van der Waals surface area contributed by atoms with Crippen molar-refractivity contribution in [1.82, 2.24) is 19.9 Å². The molecule has 33 heavy (non-hydrogen) atoms. The van der Waals surface area contributed by atoms with Crippen LogP contribution in [0.5, 0.6) is 18.0 Å². The number of morpholine rings is 1. The summed E-state index contributed by atoms with van der Waals surface area (Å²) < 4.78 is 22.2. The topological polar surface area (TPSA) is 95.9 Å². The molecule has 10 heteroatoms. The molecule has 3 rings (SSSR count). The number of aromatic nitrogens is 3. The van der Waals surface area contributed by atoms with Crippen LogP contribution in [0.3, 0.4) is 0 Å². The maximum Gasteiger partial charge on any atom is 0.326 e. The van der Waals surface area contributed by atoms with Gasteiger partial charge >= 0.3 is 18.0 Å². The van der Waals surface area contributed by atoms with Crippen LogP contribution in [0.1, 0.15) is 0 Å². The molecular weight excluding hydrogens is 444 g/mol. The van der Waals surface area contributed by atoms with Crippen LogP contribution < -0.4 is 14.2 Å². The summed E-state index contributed by atoms with van der Waals surface area (Å²) in [6.45, 7) is 9.12. The second-order valence-corrected chi connectivity index (χ2v) is 7.68. The lowest BCUT2D eigenvalue weighted by Crippen LogP contribution is -2.47. The lowest BCUT2D eigenvalue weighted by atomic mass is 10.3. The molecule has 0 saturated carbocycles. The van der Waals surface area contributed by atoms with Gasteiger partial charge < -0.3 is 23.8 Å². The molecule has 1 aromatic carbocycles. The highest BCUT2D eigenvalue weighted by Crippen LogP contribution is 2.19. The van der Waals surface area contributed by atoms with E-state index >= 15 is 0 Å². The highest BCUT2D eigenvalue weighted by Gasteiger charge is 2.24. The van der Waals surface area contributed by atoms with Gasteiger partial charge in [0.15, 0.2) is 0 Å². The smallest absolute Gasteiger partial charge is 0.326 e. The average Bonchev–Trinajstić information content (AvgIpc) is 2.85. The summed E-state index contributed by atoms with van der Waals surface area (Å²) in [5.74, 6) is -0.0767. The molecule has 0 N–H and O–H groups in total. The van der Waals surface area contributed by atoms with Crippen molar-refractivity contribution in [3.8, 4) is 18.0 Å². The van der Waals surface area contributed by atoms with Gasteiger partial charge in [-0.1, -0.05) is 55.3 Å². The fourth-order valence-corrected chi connectivity index (χ4v) is 3.40. The van der Waals surface area contributed by atoms with E-state index < -0.39 is 0 Å². The molecule has 1 unspecified atom stereocenters. The molecule has 1 saturated heterocycles. The predicted molar refractivity (Wildman–Crippen MR) is 124 cm³/mol. The van der Waals surface area contributed by atoms with Gasteiger partial charge in [-0.15, -0.1) is 15.0 Å². The van der Waals surface area contributed by atoms with Crippen molar-refractivity contribution < 1.29 is 23.7 Å². The summed E-state index contributed by atoms with van der Waals surface area (Å²) in [4.78, 5) is 27.6. The predicted octanol–water partition coefficient (Wildman–Crippen LogP) is 2.91. The monoisotopic (exact) mass is 470 g/mol. The zero-order chi connectivity index (χ0) is 23.3. The maximum atomic E-state index is 12.5. The highest BCUT2D eigenvalue weighted by molar-refractivity contribution is 8.02. The quantitative estimate of drug-likeness (QED) is 0.263. The van der Waals surface area contributed by atoms with E-state index in [1.807, 2.05) is 30.3 Å². The summed E-state index contributed by atoms with van der Waals surface area (Å²) in [5.41, 5.74) is 0. The number of carbonyl (C=O) groups excluding carboxylic acids is 1. The van der Waals surface area contributed by atoms with Crippen LogP contribution in [-0.2, 0) is 9.53 Å². The van der Waals surface area contributed by atoms with Crippen LogP contribution >= 0.6 is 11.8 Å². The molecule has 0 bridgehead atoms. The Morgan fingerprint density at radius 3 is 2.33 bits per heavy atom. The largest absolute Gasteiger partial charge is 0.460 e. The molecule has 1 aromatic heterocycles. The minimum absolute atomic E-state index is 0.0364. The molecule has 0 radical (unpaired) electrons. The fourth-order valence-electron chi connectivity index (χ4n) is 2.74. The summed E-state index contributed by atoms with van der Waals surface area (Å²) in [7, 11) is 0. The van der Waals surface area contributed by atoms with E-state index in [4.69, 9.17) is 18.9 Å². The number of ether oxygens (including phenoxy) is 4. The Balaban J connectivity index is 1.53. The SMILES string of the molecule is C=CCOc1nc(OCC=C)nc(OCC2CN(C(=O)C=CSc3ccccc3)CCO2)n1. The Morgan fingerprint density at radius 1 is 1.06 bits per heavy atom. The molecule has 1 atom stereocenters. The second kappa shape index (κ2) is 13.2. The standard InChI is InChI=1S/C23H26N4O5S/c1-3-12-30-21-24-22(31-13-4-2)26-23(25-21)32-17-18-16-27(11-14-29-18)20(28)10-15-33-19-8-6-5-7-9-19/h3-10,15,18H,1-2,11-14,16-17H2. The summed E-state index contributed by atoms with van der Waals surface area (Å²) in [5, 5.41) is 1.79. The van der Waals surface area contributed by atoms with Crippen LogP contribution in [0.25, 0.3) is 0 Å². The van der Waals surface area contributed by atoms with E-state index in [1.54, 1.807) is 28.5 Å². The number of hydrogen-bond donors (Lipinski definition) is 0. The molecule has 1 aliphatic heterocycles. The molecule has 174 valence electrons. The van der Waals surface area contributed by atoms with Gasteiger partial charge in [0.2, 0.25) is 5.91 Å². The zero-order valence-electron chi connectivity index (χ0n) is 18.2. The van der Waals surface area contributed by atoms with Crippen molar-refractivity contribution >= 4 is 17.7 Å². The zero-order valence-corrected chi connectivity index (χ0v) is 19.0. The Morgan fingerprint density at radius 2 is 1.70 bits per heavy atom. The minimum atomic E-state index is -0.329. The molecular formula is C23H26N4O5S. The third kappa shape index (κ3) is 8.24. The number of thioether (sulfide) groups is 1. The van der Waals surface area contributed by atoms with Crippen molar-refractivity contribution in [2.24, 2.45) is 0 Å². The summed E-state index contributed by atoms with van der Waals surface area (Å²) in [6.07, 6.45) is 4.38. The maximum absolute atomic E-state index is 12.5. The second-order valence-electron chi connectivity index (χ2n) is 6.70. The third-order valence-electron chi connectivity index (χ3n) is 4.24. The first-order chi connectivity index (χ1) is 16.2. The average molecular weight is 471 g/mol. The molecule has 1 aliphatic rings. The van der Waals surface area contributed by atoms with Gasteiger partial charge in [-0.25, -0.2) is 0 Å². The van der Waals surface area contributed by atoms with Crippen molar-refractivity contribution in [2.75, 3.05) is 39.5 Å². The fraction of sp³-hybridized carbons (Fsp3) is 0.304. The molecule has 0 aliphatic carbocycles. The Kier molecular flexibility index (Phi) is 9.74. The molecule has 1 amide bonds. The van der Waals surface area contributed by atoms with Gasteiger partial charge in [0.1, 0.15) is 25.9 Å². The van der Waals surface area contributed by atoms with E-state index in [0.717, 1.165) is 4.90 Å². The van der Waals surface area contributed by atoms with Gasteiger partial charge in [-0.2, -0.15) is 0 Å². The summed E-state index contributed by atoms with van der Waals surface area (Å²) in [6, 6.07) is 10.0. The van der Waals surface area contributed by atoms with Gasteiger partial charge in [0.25, 0.3) is 0 Å². The van der Waals surface area contributed by atoms with E-state index in [9.17, 15) is 4.79 Å². The van der Waals surface area contributed by atoms with Gasteiger partial charge in [-0.3, -0.25) is 4.79 Å². The number of benzene rings is 1. The summed E-state index contributed by atoms with van der Waals surface area (Å²) >= 11 is 1.49. The van der Waals surface area contributed by atoms with Crippen LogP contribution in [-0.4, -0.2) is 71.4 Å². The minimum Gasteiger partial charge on any atom is -0.460 e. The van der Waals surface area contributed by atoms with Crippen molar-refractivity contribution in [3.05, 3.63) is 67.1 Å². The molecule has 2 aromatic rings. The lowest BCUT2D eigenvalue weighted by molar-refractivity contribution is -0.134. The first-order valence-electron chi connectivity index (χ1n) is 10.3. The van der Waals surface area contributed by atoms with E-state index in [-0.39, 0.29) is 49.9 Å². The third-order valence-corrected chi connectivity index (χ3v) is 5.06. The van der Waals surface area contributed by atoms with Crippen molar-refractivity contribution in [3.63, 3.8) is 0 Å². The molecule has 0 spiro atoms. The number of rotatable bonds is 12. The first-order valence-corrected chi connectivity index (χ1v) is 11.2.